The van der Waals surface area contributed by atoms with Crippen molar-refractivity contribution in [3.8, 4) is 0 Å². The minimum absolute atomic E-state index is 0. The number of hydrogen-bond donors (Lipinski definition) is 1. The van der Waals surface area contributed by atoms with Crippen LogP contribution in [0.15, 0.2) is 4.99 Å². The smallest absolute Gasteiger partial charge is 0.410 e. The molecule has 1 saturated heterocycles. The highest BCUT2D eigenvalue weighted by molar-refractivity contribution is 14.0. The van der Waals surface area contributed by atoms with Gasteiger partial charge in [0.2, 0.25) is 0 Å². The van der Waals surface area contributed by atoms with Crippen LogP contribution in [0.2, 0.25) is 0 Å². The summed E-state index contributed by atoms with van der Waals surface area (Å²) in [5.74, 6) is 0.585. The molecule has 2 N–H and O–H groups in total. The lowest BCUT2D eigenvalue weighted by molar-refractivity contribution is 0.0186. The minimum Gasteiger partial charge on any atom is -0.444 e. The molecule has 0 unspecified atom stereocenters. The Kier molecular flexibility index (Phi) is 9.00. The van der Waals surface area contributed by atoms with Crippen molar-refractivity contribution in [2.24, 2.45) is 10.7 Å². The van der Waals surface area contributed by atoms with Crippen LogP contribution >= 0.6 is 24.0 Å². The summed E-state index contributed by atoms with van der Waals surface area (Å²) < 4.78 is 5.36. The number of nitrogens with two attached hydrogens (primary N) is 1. The Morgan fingerprint density at radius 3 is 2.19 bits per heavy atom. The standard InChI is InChI=1S/C14H28N4O2.HI/c1-5-6-7-16-12(15)17-8-10-18(11-9-17)13(19)20-14(2,3)4;/h5-11H2,1-4H3,(H2,15,16);1H. The maximum Gasteiger partial charge on any atom is 0.410 e. The van der Waals surface area contributed by atoms with Crippen molar-refractivity contribution in [1.82, 2.24) is 9.80 Å². The third kappa shape index (κ3) is 7.73. The van der Waals surface area contributed by atoms with E-state index in [1.807, 2.05) is 25.7 Å². The molecule has 1 heterocycles. The second-order valence-electron chi connectivity index (χ2n) is 6.05. The zero-order valence-electron chi connectivity index (χ0n) is 13.6. The van der Waals surface area contributed by atoms with E-state index in [0.717, 1.165) is 19.4 Å². The molecule has 0 radical (unpaired) electrons. The van der Waals surface area contributed by atoms with E-state index in [4.69, 9.17) is 10.5 Å². The molecule has 0 saturated carbocycles. The van der Waals surface area contributed by atoms with Crippen molar-refractivity contribution in [3.05, 3.63) is 0 Å². The molecular formula is C14H29IN4O2. The lowest BCUT2D eigenvalue weighted by Gasteiger charge is -2.36. The molecule has 21 heavy (non-hydrogen) atoms. The molecule has 124 valence electrons. The first-order chi connectivity index (χ1) is 9.33. The first-order valence-corrected chi connectivity index (χ1v) is 7.36. The van der Waals surface area contributed by atoms with Crippen LogP contribution in [0.1, 0.15) is 40.5 Å². The summed E-state index contributed by atoms with van der Waals surface area (Å²) in [6.45, 7) is 11.2. The van der Waals surface area contributed by atoms with E-state index in [9.17, 15) is 4.79 Å². The number of guanidine groups is 1. The van der Waals surface area contributed by atoms with Crippen LogP contribution in [0.25, 0.3) is 0 Å². The fraction of sp³-hybridized carbons (Fsp3) is 0.857. The Labute approximate surface area is 145 Å². The number of ether oxygens (including phenoxy) is 1. The number of aliphatic imine (C=N–C) groups is 1. The SMILES string of the molecule is CCCCN=C(N)N1CCN(C(=O)OC(C)(C)C)CC1.I. The first kappa shape index (κ1) is 20.3. The first-order valence-electron chi connectivity index (χ1n) is 7.36. The molecule has 6 nitrogen and oxygen atoms in total. The zero-order chi connectivity index (χ0) is 15.2. The summed E-state index contributed by atoms with van der Waals surface area (Å²) in [6, 6.07) is 0. The molecule has 1 aliphatic heterocycles. The van der Waals surface area contributed by atoms with E-state index < -0.39 is 5.60 Å². The van der Waals surface area contributed by atoms with E-state index in [1.165, 1.54) is 0 Å². The van der Waals surface area contributed by atoms with E-state index >= 15 is 0 Å². The third-order valence-corrected chi connectivity index (χ3v) is 3.04. The Morgan fingerprint density at radius 1 is 1.19 bits per heavy atom. The zero-order valence-corrected chi connectivity index (χ0v) is 15.9. The number of carbonyl (C=O) groups is 1. The maximum atomic E-state index is 11.9. The van der Waals surface area contributed by atoms with Gasteiger partial charge in [-0.25, -0.2) is 4.79 Å². The highest BCUT2D eigenvalue weighted by atomic mass is 127. The van der Waals surface area contributed by atoms with Crippen LogP contribution in [0, 0.1) is 0 Å². The molecule has 7 heteroatoms. The van der Waals surface area contributed by atoms with Gasteiger partial charge in [-0.2, -0.15) is 0 Å². The van der Waals surface area contributed by atoms with Gasteiger partial charge in [0.05, 0.1) is 0 Å². The molecule has 1 fully saturated rings. The summed E-state index contributed by atoms with van der Waals surface area (Å²) in [5.41, 5.74) is 5.50. The van der Waals surface area contributed by atoms with Crippen LogP contribution in [0.4, 0.5) is 4.79 Å². The fourth-order valence-corrected chi connectivity index (χ4v) is 1.90. The predicted octanol–water partition coefficient (Wildman–Crippen LogP) is 2.27. The van der Waals surface area contributed by atoms with Crippen LogP contribution < -0.4 is 5.73 Å². The van der Waals surface area contributed by atoms with Gasteiger partial charge < -0.3 is 20.3 Å². The van der Waals surface area contributed by atoms with E-state index in [-0.39, 0.29) is 30.1 Å². The topological polar surface area (TPSA) is 71.2 Å². The average Bonchev–Trinajstić information content (AvgIpc) is 2.37. The van der Waals surface area contributed by atoms with Gasteiger partial charge in [0.25, 0.3) is 0 Å². The molecule has 0 spiro atoms. The molecule has 0 aromatic rings. The van der Waals surface area contributed by atoms with E-state index in [2.05, 4.69) is 11.9 Å². The number of halogens is 1. The summed E-state index contributed by atoms with van der Waals surface area (Å²) in [7, 11) is 0. The normalized spacial score (nSPS) is 16.5. The molecule has 0 bridgehead atoms. The van der Waals surface area contributed by atoms with Crippen molar-refractivity contribution < 1.29 is 9.53 Å². The predicted molar refractivity (Wildman–Crippen MR) is 96.2 cm³/mol. The fourth-order valence-electron chi connectivity index (χ4n) is 1.90. The lowest BCUT2D eigenvalue weighted by atomic mass is 10.2. The summed E-state index contributed by atoms with van der Waals surface area (Å²) in [5, 5.41) is 0. The van der Waals surface area contributed by atoms with Crippen LogP contribution in [0.5, 0.6) is 0 Å². The van der Waals surface area contributed by atoms with Gasteiger partial charge in [0, 0.05) is 32.7 Å². The second-order valence-corrected chi connectivity index (χ2v) is 6.05. The van der Waals surface area contributed by atoms with Crippen molar-refractivity contribution in [2.45, 2.75) is 46.1 Å². The number of piperazine rings is 1. The number of rotatable bonds is 3. The van der Waals surface area contributed by atoms with Crippen LogP contribution in [-0.2, 0) is 4.74 Å². The van der Waals surface area contributed by atoms with E-state index in [0.29, 0.717) is 32.1 Å². The molecule has 1 rings (SSSR count). The average molecular weight is 412 g/mol. The summed E-state index contributed by atoms with van der Waals surface area (Å²) in [4.78, 5) is 20.0. The quantitative estimate of drug-likeness (QED) is 0.334. The van der Waals surface area contributed by atoms with E-state index in [1.54, 1.807) is 4.90 Å². The minimum atomic E-state index is -0.450. The molecule has 0 aromatic heterocycles. The van der Waals surface area contributed by atoms with Crippen molar-refractivity contribution in [2.75, 3.05) is 32.7 Å². The van der Waals surface area contributed by atoms with Crippen molar-refractivity contribution in [1.29, 1.82) is 0 Å². The molecule has 1 amide bonds. The Morgan fingerprint density at radius 2 is 1.71 bits per heavy atom. The molecule has 1 aliphatic rings. The largest absolute Gasteiger partial charge is 0.444 e. The van der Waals surface area contributed by atoms with Crippen molar-refractivity contribution >= 4 is 36.0 Å². The number of unbranched alkanes of at least 4 members (excludes halogenated alkanes) is 1. The number of carbonyl (C=O) groups excluding carboxylic acids is 1. The van der Waals surface area contributed by atoms with Gasteiger partial charge in [-0.1, -0.05) is 13.3 Å². The highest BCUT2D eigenvalue weighted by Gasteiger charge is 2.26. The van der Waals surface area contributed by atoms with Gasteiger partial charge in [-0.05, 0) is 27.2 Å². The second kappa shape index (κ2) is 9.32. The Hall–Kier alpha value is -0.730. The number of amides is 1. The van der Waals surface area contributed by atoms with Crippen molar-refractivity contribution in [3.63, 3.8) is 0 Å². The van der Waals surface area contributed by atoms with Gasteiger partial charge in [-0.15, -0.1) is 24.0 Å². The number of hydrogen-bond acceptors (Lipinski definition) is 3. The van der Waals surface area contributed by atoms with Gasteiger partial charge in [-0.3, -0.25) is 4.99 Å². The molecule has 0 aromatic carbocycles. The molecular weight excluding hydrogens is 383 g/mol. The summed E-state index contributed by atoms with van der Waals surface area (Å²) >= 11 is 0. The maximum absolute atomic E-state index is 11.9. The van der Waals surface area contributed by atoms with Gasteiger partial charge >= 0.3 is 6.09 Å². The van der Waals surface area contributed by atoms with Gasteiger partial charge in [0.15, 0.2) is 5.96 Å². The van der Waals surface area contributed by atoms with Gasteiger partial charge in [0.1, 0.15) is 5.60 Å². The van der Waals surface area contributed by atoms with Crippen LogP contribution in [0.3, 0.4) is 0 Å². The monoisotopic (exact) mass is 412 g/mol. The molecule has 0 atom stereocenters. The lowest BCUT2D eigenvalue weighted by Crippen LogP contribution is -2.53. The summed E-state index contributed by atoms with van der Waals surface area (Å²) in [6.07, 6.45) is 1.92. The van der Waals surface area contributed by atoms with Crippen LogP contribution in [-0.4, -0.2) is 60.2 Å². The third-order valence-electron chi connectivity index (χ3n) is 3.04. The Balaban J connectivity index is 0.00000400. The number of nitrogens with zero attached hydrogens (tertiary/aromatic N) is 3. The molecule has 0 aliphatic carbocycles. The highest BCUT2D eigenvalue weighted by Crippen LogP contribution is 2.11. The Bertz CT molecular complexity index is 347.